The smallest absolute Gasteiger partial charge is 0.355 e. The molecule has 1 amide bonds. The molecule has 0 spiro atoms. The average molecular weight is 458 g/mol. The molecular weight excluding hydrogens is 436 g/mol. The third-order valence-electron chi connectivity index (χ3n) is 5.91. The van der Waals surface area contributed by atoms with Crippen molar-refractivity contribution < 1.29 is 23.9 Å². The molecule has 34 heavy (non-hydrogen) atoms. The Morgan fingerprint density at radius 1 is 1.09 bits per heavy atom. The number of nitriles is 1. The van der Waals surface area contributed by atoms with Crippen molar-refractivity contribution in [3.8, 4) is 6.07 Å². The minimum absolute atomic E-state index is 0.0382. The fourth-order valence-electron chi connectivity index (χ4n) is 4.42. The van der Waals surface area contributed by atoms with E-state index < -0.39 is 17.9 Å². The van der Waals surface area contributed by atoms with Crippen LogP contribution in [-0.2, 0) is 25.5 Å². The molecular formula is C25H22N4O5. The molecule has 0 bridgehead atoms. The number of methoxy groups -OCH3 is 2. The van der Waals surface area contributed by atoms with Gasteiger partial charge in [-0.25, -0.2) is 9.59 Å². The molecule has 4 rings (SSSR count). The van der Waals surface area contributed by atoms with Gasteiger partial charge in [-0.15, -0.1) is 0 Å². The van der Waals surface area contributed by atoms with Gasteiger partial charge in [0.05, 0.1) is 43.0 Å². The molecule has 2 aliphatic heterocycles. The molecule has 9 nitrogen and oxygen atoms in total. The number of benzene rings is 2. The van der Waals surface area contributed by atoms with E-state index in [1.807, 2.05) is 0 Å². The summed E-state index contributed by atoms with van der Waals surface area (Å²) in [5.41, 5.74) is 8.40. The Balaban J connectivity index is 2.08. The molecule has 3 N–H and O–H groups in total. The van der Waals surface area contributed by atoms with E-state index in [2.05, 4.69) is 11.4 Å². The number of hydrogen-bond acceptors (Lipinski definition) is 8. The standard InChI is InChI=1S/C25H22N4O5/c1-33-24(31)20-19(14-7-4-3-5-8-14)17(13-26)22(27)29(21(20)25(32)34-2)18-10-6-9-16-15(18)11-12-28-23(16)30/h3-10,19H,11-12,27H2,1-2H3,(H,28,30). The molecule has 2 heterocycles. The molecule has 0 saturated carbocycles. The number of fused-ring (bicyclic) bond motifs is 1. The first-order valence-corrected chi connectivity index (χ1v) is 10.5. The number of amides is 1. The Morgan fingerprint density at radius 2 is 1.79 bits per heavy atom. The van der Waals surface area contributed by atoms with Crippen molar-refractivity contribution in [1.82, 2.24) is 5.32 Å². The van der Waals surface area contributed by atoms with Gasteiger partial charge < -0.3 is 20.5 Å². The predicted molar refractivity (Wildman–Crippen MR) is 122 cm³/mol. The fourth-order valence-corrected chi connectivity index (χ4v) is 4.42. The molecule has 0 fully saturated rings. The first-order valence-electron chi connectivity index (χ1n) is 10.5. The van der Waals surface area contributed by atoms with Gasteiger partial charge in [0.15, 0.2) is 0 Å². The van der Waals surface area contributed by atoms with E-state index in [-0.39, 0.29) is 28.6 Å². The van der Waals surface area contributed by atoms with E-state index in [9.17, 15) is 19.6 Å². The highest BCUT2D eigenvalue weighted by Crippen LogP contribution is 2.44. The third-order valence-corrected chi connectivity index (χ3v) is 5.91. The summed E-state index contributed by atoms with van der Waals surface area (Å²) >= 11 is 0. The lowest BCUT2D eigenvalue weighted by Crippen LogP contribution is -2.42. The van der Waals surface area contributed by atoms with Crippen LogP contribution >= 0.6 is 0 Å². The summed E-state index contributed by atoms with van der Waals surface area (Å²) in [6.45, 7) is 0.388. The Morgan fingerprint density at radius 3 is 2.44 bits per heavy atom. The van der Waals surface area contributed by atoms with Gasteiger partial charge in [0.25, 0.3) is 5.91 Å². The molecule has 1 atom stereocenters. The zero-order valence-corrected chi connectivity index (χ0v) is 18.6. The van der Waals surface area contributed by atoms with E-state index >= 15 is 0 Å². The molecule has 2 aromatic rings. The van der Waals surface area contributed by atoms with E-state index in [4.69, 9.17) is 15.2 Å². The zero-order valence-electron chi connectivity index (χ0n) is 18.6. The van der Waals surface area contributed by atoms with Gasteiger partial charge in [0, 0.05) is 12.1 Å². The Bertz CT molecular complexity index is 1290. The lowest BCUT2D eigenvalue weighted by Gasteiger charge is -2.37. The first-order chi connectivity index (χ1) is 16.4. The third kappa shape index (κ3) is 3.55. The lowest BCUT2D eigenvalue weighted by molar-refractivity contribution is -0.139. The number of hydrogen-bond donors (Lipinski definition) is 2. The first kappa shape index (κ1) is 22.6. The number of carbonyl (C=O) groups is 3. The summed E-state index contributed by atoms with van der Waals surface area (Å²) in [5.74, 6) is -2.89. The van der Waals surface area contributed by atoms with Gasteiger partial charge in [0.2, 0.25) is 0 Å². The van der Waals surface area contributed by atoms with Crippen LogP contribution in [0.1, 0.15) is 27.4 Å². The second-order valence-electron chi connectivity index (χ2n) is 7.64. The summed E-state index contributed by atoms with van der Waals surface area (Å²) in [4.78, 5) is 40.1. The number of allylic oxidation sites excluding steroid dienone is 1. The number of rotatable bonds is 4. The summed E-state index contributed by atoms with van der Waals surface area (Å²) < 4.78 is 10.1. The van der Waals surface area contributed by atoms with Gasteiger partial charge in [-0.2, -0.15) is 5.26 Å². The number of nitrogens with zero attached hydrogens (tertiary/aromatic N) is 2. The van der Waals surface area contributed by atoms with Crippen LogP contribution in [0.5, 0.6) is 0 Å². The van der Waals surface area contributed by atoms with Crippen LogP contribution in [0.25, 0.3) is 0 Å². The van der Waals surface area contributed by atoms with Crippen molar-refractivity contribution in [3.63, 3.8) is 0 Å². The molecule has 0 radical (unpaired) electrons. The Labute approximate surface area is 196 Å². The number of ether oxygens (including phenoxy) is 2. The van der Waals surface area contributed by atoms with Crippen LogP contribution in [0.4, 0.5) is 5.69 Å². The van der Waals surface area contributed by atoms with Crippen LogP contribution in [0.2, 0.25) is 0 Å². The minimum Gasteiger partial charge on any atom is -0.466 e. The molecule has 0 aliphatic carbocycles. The van der Waals surface area contributed by atoms with Crippen LogP contribution < -0.4 is 16.0 Å². The quantitative estimate of drug-likeness (QED) is 0.663. The highest BCUT2D eigenvalue weighted by Gasteiger charge is 2.43. The maximum atomic E-state index is 13.2. The largest absolute Gasteiger partial charge is 0.466 e. The number of esters is 2. The molecule has 2 aliphatic rings. The van der Waals surface area contributed by atoms with Gasteiger partial charge >= 0.3 is 11.9 Å². The second kappa shape index (κ2) is 9.11. The van der Waals surface area contributed by atoms with Crippen LogP contribution in [0.15, 0.2) is 71.2 Å². The van der Waals surface area contributed by atoms with Crippen molar-refractivity contribution >= 4 is 23.5 Å². The second-order valence-corrected chi connectivity index (χ2v) is 7.64. The number of anilines is 1. The minimum atomic E-state index is -0.952. The SMILES string of the molecule is COC(=O)C1=C(C(=O)OC)N(c2cccc3c2CCNC3=O)C(N)=C(C#N)C1c1ccccc1. The number of nitrogens with one attached hydrogen (secondary N) is 1. The monoisotopic (exact) mass is 458 g/mol. The molecule has 172 valence electrons. The number of nitrogens with two attached hydrogens (primary N) is 1. The van der Waals surface area contributed by atoms with E-state index in [0.717, 1.165) is 0 Å². The summed E-state index contributed by atoms with van der Waals surface area (Å²) in [6, 6.07) is 15.9. The van der Waals surface area contributed by atoms with Crippen LogP contribution in [0, 0.1) is 11.3 Å². The van der Waals surface area contributed by atoms with Gasteiger partial charge in [-0.3, -0.25) is 9.69 Å². The van der Waals surface area contributed by atoms with Crippen molar-refractivity contribution in [2.75, 3.05) is 25.7 Å². The predicted octanol–water partition coefficient (Wildman–Crippen LogP) is 1.87. The van der Waals surface area contributed by atoms with Crippen molar-refractivity contribution in [2.45, 2.75) is 12.3 Å². The zero-order chi connectivity index (χ0) is 24.4. The Hall–Kier alpha value is -4.58. The normalized spacial score (nSPS) is 17.5. The highest BCUT2D eigenvalue weighted by atomic mass is 16.5. The van der Waals surface area contributed by atoms with E-state index in [1.54, 1.807) is 48.5 Å². The average Bonchev–Trinajstić information content (AvgIpc) is 2.87. The summed E-state index contributed by atoms with van der Waals surface area (Å²) in [5, 5.41) is 12.9. The Kier molecular flexibility index (Phi) is 6.06. The summed E-state index contributed by atoms with van der Waals surface area (Å²) in [6.07, 6.45) is 0.465. The molecule has 0 aromatic heterocycles. The number of carbonyl (C=O) groups excluding carboxylic acids is 3. The summed E-state index contributed by atoms with van der Waals surface area (Å²) in [7, 11) is 2.38. The molecule has 9 heteroatoms. The maximum absolute atomic E-state index is 13.2. The highest BCUT2D eigenvalue weighted by molar-refractivity contribution is 6.07. The maximum Gasteiger partial charge on any atom is 0.355 e. The van der Waals surface area contributed by atoms with Crippen molar-refractivity contribution in [1.29, 1.82) is 5.26 Å². The van der Waals surface area contributed by atoms with Gasteiger partial charge in [0.1, 0.15) is 11.5 Å². The molecule has 2 aromatic carbocycles. The lowest BCUT2D eigenvalue weighted by atomic mass is 9.80. The van der Waals surface area contributed by atoms with Gasteiger partial charge in [-0.05, 0) is 29.7 Å². The van der Waals surface area contributed by atoms with E-state index in [0.29, 0.717) is 35.3 Å². The van der Waals surface area contributed by atoms with Crippen molar-refractivity contribution in [2.24, 2.45) is 5.73 Å². The van der Waals surface area contributed by atoms with Crippen molar-refractivity contribution in [3.05, 3.63) is 87.9 Å². The van der Waals surface area contributed by atoms with Gasteiger partial charge in [-0.1, -0.05) is 36.4 Å². The molecule has 0 saturated heterocycles. The van der Waals surface area contributed by atoms with Crippen LogP contribution in [-0.4, -0.2) is 38.6 Å². The topological polar surface area (TPSA) is 135 Å². The fraction of sp³-hybridized carbons (Fsp3) is 0.200. The van der Waals surface area contributed by atoms with E-state index in [1.165, 1.54) is 19.1 Å². The molecule has 1 unspecified atom stereocenters. The van der Waals surface area contributed by atoms with Crippen LogP contribution in [0.3, 0.4) is 0 Å².